The van der Waals surface area contributed by atoms with Crippen LogP contribution in [0.25, 0.3) is 0 Å². The van der Waals surface area contributed by atoms with Crippen molar-refractivity contribution in [3.63, 3.8) is 0 Å². The molecule has 0 spiro atoms. The Labute approximate surface area is 115 Å². The number of H-pyrrole nitrogens is 1. The van der Waals surface area contributed by atoms with E-state index in [-0.39, 0.29) is 5.91 Å². The SMILES string of the molecule is O=C(NNC(=O)[C@@H]1Cc2ccccc2O1)c1ccc[nH]1. The second-order valence-corrected chi connectivity index (χ2v) is 4.45. The van der Waals surface area contributed by atoms with E-state index in [4.69, 9.17) is 4.74 Å². The van der Waals surface area contributed by atoms with E-state index >= 15 is 0 Å². The summed E-state index contributed by atoms with van der Waals surface area (Å²) < 4.78 is 5.52. The van der Waals surface area contributed by atoms with Crippen LogP contribution in [0.1, 0.15) is 16.1 Å². The number of aromatic amines is 1. The molecular weight excluding hydrogens is 258 g/mol. The Morgan fingerprint density at radius 1 is 1.15 bits per heavy atom. The fourth-order valence-electron chi connectivity index (χ4n) is 2.07. The molecule has 0 saturated carbocycles. The lowest BCUT2D eigenvalue weighted by molar-refractivity contribution is -0.128. The normalized spacial score (nSPS) is 16.1. The van der Waals surface area contributed by atoms with Gasteiger partial charge in [0.15, 0.2) is 6.10 Å². The molecule has 1 aromatic carbocycles. The van der Waals surface area contributed by atoms with Crippen molar-refractivity contribution in [2.75, 3.05) is 0 Å². The van der Waals surface area contributed by atoms with Gasteiger partial charge in [-0.15, -0.1) is 0 Å². The van der Waals surface area contributed by atoms with E-state index in [1.54, 1.807) is 18.3 Å². The molecule has 0 saturated heterocycles. The monoisotopic (exact) mass is 271 g/mol. The summed E-state index contributed by atoms with van der Waals surface area (Å²) in [7, 11) is 0. The highest BCUT2D eigenvalue weighted by atomic mass is 16.5. The van der Waals surface area contributed by atoms with Crippen LogP contribution in [0.3, 0.4) is 0 Å². The van der Waals surface area contributed by atoms with Gasteiger partial charge in [-0.3, -0.25) is 20.4 Å². The van der Waals surface area contributed by atoms with Crippen molar-refractivity contribution in [1.82, 2.24) is 15.8 Å². The Morgan fingerprint density at radius 2 is 2.00 bits per heavy atom. The average Bonchev–Trinajstić information content (AvgIpc) is 3.12. The third-order valence-electron chi connectivity index (χ3n) is 3.08. The summed E-state index contributed by atoms with van der Waals surface area (Å²) in [5.74, 6) is -0.0664. The lowest BCUT2D eigenvalue weighted by Gasteiger charge is -2.11. The largest absolute Gasteiger partial charge is 0.480 e. The third-order valence-corrected chi connectivity index (χ3v) is 3.08. The van der Waals surface area contributed by atoms with E-state index in [1.165, 1.54) is 0 Å². The summed E-state index contributed by atoms with van der Waals surface area (Å²) in [5.41, 5.74) is 6.07. The number of fused-ring (bicyclic) bond motifs is 1. The van der Waals surface area contributed by atoms with Gasteiger partial charge < -0.3 is 9.72 Å². The zero-order valence-electron chi connectivity index (χ0n) is 10.6. The predicted molar refractivity (Wildman–Crippen MR) is 71.0 cm³/mol. The number of carbonyl (C=O) groups is 2. The van der Waals surface area contributed by atoms with Crippen LogP contribution in [0.15, 0.2) is 42.6 Å². The molecule has 3 N–H and O–H groups in total. The van der Waals surface area contributed by atoms with Gasteiger partial charge in [0.05, 0.1) is 0 Å². The van der Waals surface area contributed by atoms with Crippen molar-refractivity contribution >= 4 is 11.8 Å². The van der Waals surface area contributed by atoms with E-state index < -0.39 is 12.0 Å². The highest BCUT2D eigenvalue weighted by Gasteiger charge is 2.28. The van der Waals surface area contributed by atoms with Crippen LogP contribution in [-0.2, 0) is 11.2 Å². The molecule has 6 nitrogen and oxygen atoms in total. The minimum Gasteiger partial charge on any atom is -0.480 e. The van der Waals surface area contributed by atoms with Crippen LogP contribution in [0.2, 0.25) is 0 Å². The molecular formula is C14H13N3O3. The van der Waals surface area contributed by atoms with Crippen LogP contribution in [0, 0.1) is 0 Å². The maximum absolute atomic E-state index is 11.9. The second-order valence-electron chi connectivity index (χ2n) is 4.45. The summed E-state index contributed by atoms with van der Waals surface area (Å²) in [6.45, 7) is 0. The minimum atomic E-state index is -0.614. The summed E-state index contributed by atoms with van der Waals surface area (Å²) in [6, 6.07) is 10.8. The molecule has 0 fully saturated rings. The first-order valence-electron chi connectivity index (χ1n) is 6.22. The van der Waals surface area contributed by atoms with Crippen LogP contribution < -0.4 is 15.6 Å². The lowest BCUT2D eigenvalue weighted by atomic mass is 10.1. The summed E-state index contributed by atoms with van der Waals surface area (Å²) in [4.78, 5) is 26.3. The molecule has 1 atom stereocenters. The third kappa shape index (κ3) is 2.35. The van der Waals surface area contributed by atoms with E-state index in [0.717, 1.165) is 5.56 Å². The van der Waals surface area contributed by atoms with Gasteiger partial charge in [0.2, 0.25) is 0 Å². The number of hydrogen-bond acceptors (Lipinski definition) is 3. The highest BCUT2D eigenvalue weighted by molar-refractivity contribution is 5.94. The standard InChI is InChI=1S/C14H13N3O3/c18-13(10-5-3-7-15-10)16-17-14(19)12-8-9-4-1-2-6-11(9)20-12/h1-7,12,15H,8H2,(H,16,18)(H,17,19)/t12-/m0/s1. The molecule has 1 aliphatic rings. The molecule has 0 aliphatic carbocycles. The predicted octanol–water partition coefficient (Wildman–Crippen LogP) is 0.779. The Kier molecular flexibility index (Phi) is 3.12. The van der Waals surface area contributed by atoms with Gasteiger partial charge >= 0.3 is 0 Å². The molecule has 3 rings (SSSR count). The number of hydrogen-bond donors (Lipinski definition) is 3. The van der Waals surface area contributed by atoms with Crippen LogP contribution in [-0.4, -0.2) is 22.9 Å². The summed E-state index contributed by atoms with van der Waals surface area (Å²) >= 11 is 0. The van der Waals surface area contributed by atoms with Gasteiger partial charge in [0.1, 0.15) is 11.4 Å². The summed E-state index contributed by atoms with van der Waals surface area (Å²) in [5, 5.41) is 0. The quantitative estimate of drug-likeness (QED) is 0.706. The Balaban J connectivity index is 1.55. The van der Waals surface area contributed by atoms with E-state index in [2.05, 4.69) is 15.8 Å². The molecule has 2 amide bonds. The second kappa shape index (κ2) is 5.08. The molecule has 6 heteroatoms. The van der Waals surface area contributed by atoms with Gasteiger partial charge in [0, 0.05) is 12.6 Å². The van der Waals surface area contributed by atoms with Crippen molar-refractivity contribution < 1.29 is 14.3 Å². The van der Waals surface area contributed by atoms with Gasteiger partial charge in [-0.25, -0.2) is 0 Å². The Morgan fingerprint density at radius 3 is 2.75 bits per heavy atom. The highest BCUT2D eigenvalue weighted by Crippen LogP contribution is 2.27. The molecule has 2 heterocycles. The lowest BCUT2D eigenvalue weighted by Crippen LogP contribution is -2.47. The fraction of sp³-hybridized carbons (Fsp3) is 0.143. The molecule has 0 unspecified atom stereocenters. The fourth-order valence-corrected chi connectivity index (χ4v) is 2.07. The van der Waals surface area contributed by atoms with E-state index in [0.29, 0.717) is 17.9 Å². The smallest absolute Gasteiger partial charge is 0.286 e. The Bertz CT molecular complexity index is 612. The maximum Gasteiger partial charge on any atom is 0.286 e. The van der Waals surface area contributed by atoms with Crippen molar-refractivity contribution in [3.05, 3.63) is 53.9 Å². The number of hydrazine groups is 1. The van der Waals surface area contributed by atoms with Crippen molar-refractivity contribution in [1.29, 1.82) is 0 Å². The first-order chi connectivity index (χ1) is 9.74. The molecule has 0 bridgehead atoms. The number of para-hydroxylation sites is 1. The van der Waals surface area contributed by atoms with Gasteiger partial charge in [0.25, 0.3) is 11.8 Å². The van der Waals surface area contributed by atoms with Crippen molar-refractivity contribution in [2.24, 2.45) is 0 Å². The maximum atomic E-state index is 11.9. The minimum absolute atomic E-state index is 0.374. The van der Waals surface area contributed by atoms with Crippen LogP contribution in [0.4, 0.5) is 0 Å². The number of benzene rings is 1. The van der Waals surface area contributed by atoms with Crippen LogP contribution in [0.5, 0.6) is 5.75 Å². The van der Waals surface area contributed by atoms with Gasteiger partial charge in [-0.05, 0) is 23.8 Å². The number of rotatable bonds is 2. The van der Waals surface area contributed by atoms with Gasteiger partial charge in [-0.2, -0.15) is 0 Å². The molecule has 1 aliphatic heterocycles. The first kappa shape index (κ1) is 12.3. The number of nitrogens with one attached hydrogen (secondary N) is 3. The Hall–Kier alpha value is -2.76. The number of carbonyl (C=O) groups excluding carboxylic acids is 2. The van der Waals surface area contributed by atoms with Gasteiger partial charge in [-0.1, -0.05) is 18.2 Å². The van der Waals surface area contributed by atoms with E-state index in [1.807, 2.05) is 24.3 Å². The molecule has 0 radical (unpaired) electrons. The topological polar surface area (TPSA) is 83.2 Å². The first-order valence-corrected chi connectivity index (χ1v) is 6.22. The zero-order chi connectivity index (χ0) is 13.9. The number of aromatic nitrogens is 1. The number of ether oxygens (including phenoxy) is 1. The van der Waals surface area contributed by atoms with Crippen LogP contribution >= 0.6 is 0 Å². The molecule has 1 aromatic heterocycles. The zero-order valence-corrected chi connectivity index (χ0v) is 10.6. The molecule has 20 heavy (non-hydrogen) atoms. The molecule has 2 aromatic rings. The van der Waals surface area contributed by atoms with Crippen molar-refractivity contribution in [3.8, 4) is 5.75 Å². The van der Waals surface area contributed by atoms with E-state index in [9.17, 15) is 9.59 Å². The van der Waals surface area contributed by atoms with Crippen molar-refractivity contribution in [2.45, 2.75) is 12.5 Å². The number of amides is 2. The average molecular weight is 271 g/mol. The summed E-state index contributed by atoms with van der Waals surface area (Å²) in [6.07, 6.45) is 1.52. The molecule has 102 valence electrons.